The standard InChI is InChI=1S/C11H11F3N4/c12-11(13,14)6-18(7-1-2-7)10-4-3-8(16)9(5-15)17-10/h3-4,7H,1-2,6,16H2. The highest BCUT2D eigenvalue weighted by Gasteiger charge is 2.38. The van der Waals surface area contributed by atoms with Crippen molar-refractivity contribution in [3.63, 3.8) is 0 Å². The molecule has 0 aromatic carbocycles. The van der Waals surface area contributed by atoms with E-state index in [9.17, 15) is 13.2 Å². The largest absolute Gasteiger partial charge is 0.405 e. The van der Waals surface area contributed by atoms with Crippen LogP contribution in [-0.2, 0) is 0 Å². The van der Waals surface area contributed by atoms with Crippen molar-refractivity contribution in [2.75, 3.05) is 17.2 Å². The van der Waals surface area contributed by atoms with Crippen LogP contribution in [0.2, 0.25) is 0 Å². The maximum absolute atomic E-state index is 12.5. The summed E-state index contributed by atoms with van der Waals surface area (Å²) in [7, 11) is 0. The molecule has 96 valence electrons. The van der Waals surface area contributed by atoms with Crippen LogP contribution in [0.4, 0.5) is 24.7 Å². The first kappa shape index (κ1) is 12.5. The smallest absolute Gasteiger partial charge is 0.396 e. The third-order valence-electron chi connectivity index (χ3n) is 2.65. The van der Waals surface area contributed by atoms with Crippen molar-refractivity contribution in [1.82, 2.24) is 4.98 Å². The summed E-state index contributed by atoms with van der Waals surface area (Å²) in [6, 6.07) is 4.45. The van der Waals surface area contributed by atoms with Crippen molar-refractivity contribution in [3.8, 4) is 6.07 Å². The highest BCUT2D eigenvalue weighted by molar-refractivity contribution is 5.56. The Balaban J connectivity index is 2.29. The Morgan fingerprint density at radius 3 is 2.61 bits per heavy atom. The first-order chi connectivity index (χ1) is 8.40. The van der Waals surface area contributed by atoms with Gasteiger partial charge in [0, 0.05) is 6.04 Å². The van der Waals surface area contributed by atoms with Gasteiger partial charge in [-0.3, -0.25) is 0 Å². The third-order valence-corrected chi connectivity index (χ3v) is 2.65. The van der Waals surface area contributed by atoms with Crippen LogP contribution in [-0.4, -0.2) is 23.7 Å². The zero-order chi connectivity index (χ0) is 13.3. The van der Waals surface area contributed by atoms with Crippen molar-refractivity contribution in [2.24, 2.45) is 0 Å². The summed E-state index contributed by atoms with van der Waals surface area (Å²) < 4.78 is 37.4. The zero-order valence-corrected chi connectivity index (χ0v) is 9.41. The number of aromatic nitrogens is 1. The van der Waals surface area contributed by atoms with Gasteiger partial charge in [-0.2, -0.15) is 18.4 Å². The number of rotatable bonds is 3. The average Bonchev–Trinajstić information content (AvgIpc) is 3.09. The van der Waals surface area contributed by atoms with Gasteiger partial charge in [0.25, 0.3) is 0 Å². The van der Waals surface area contributed by atoms with Gasteiger partial charge < -0.3 is 10.6 Å². The molecule has 1 saturated carbocycles. The summed E-state index contributed by atoms with van der Waals surface area (Å²) in [6.45, 7) is -1.06. The van der Waals surface area contributed by atoms with Gasteiger partial charge in [-0.1, -0.05) is 0 Å². The first-order valence-electron chi connectivity index (χ1n) is 5.41. The van der Waals surface area contributed by atoms with E-state index >= 15 is 0 Å². The van der Waals surface area contributed by atoms with E-state index in [1.165, 1.54) is 17.0 Å². The van der Waals surface area contributed by atoms with E-state index in [2.05, 4.69) is 4.98 Å². The summed E-state index contributed by atoms with van der Waals surface area (Å²) in [5.74, 6) is 0.153. The van der Waals surface area contributed by atoms with E-state index in [0.717, 1.165) is 0 Å². The predicted octanol–water partition coefficient (Wildman–Crippen LogP) is 2.07. The Morgan fingerprint density at radius 2 is 2.11 bits per heavy atom. The summed E-state index contributed by atoms with van der Waals surface area (Å²) in [4.78, 5) is 5.06. The number of pyridine rings is 1. The first-order valence-corrected chi connectivity index (χ1v) is 5.41. The number of nitriles is 1. The van der Waals surface area contributed by atoms with Crippen molar-refractivity contribution in [2.45, 2.75) is 25.1 Å². The second-order valence-corrected chi connectivity index (χ2v) is 4.19. The Labute approximate surface area is 102 Å². The molecule has 0 saturated heterocycles. The lowest BCUT2D eigenvalue weighted by atomic mass is 10.3. The molecule has 1 heterocycles. The van der Waals surface area contributed by atoms with Gasteiger partial charge in [0.05, 0.1) is 5.69 Å². The van der Waals surface area contributed by atoms with Crippen molar-refractivity contribution in [1.29, 1.82) is 5.26 Å². The van der Waals surface area contributed by atoms with E-state index in [4.69, 9.17) is 11.0 Å². The van der Waals surface area contributed by atoms with Gasteiger partial charge in [-0.15, -0.1) is 0 Å². The number of nitrogens with zero attached hydrogens (tertiary/aromatic N) is 3. The maximum atomic E-state index is 12.5. The van der Waals surface area contributed by atoms with Gasteiger partial charge in [0.1, 0.15) is 18.4 Å². The Kier molecular flexibility index (Phi) is 3.03. The van der Waals surface area contributed by atoms with Crippen LogP contribution in [0.25, 0.3) is 0 Å². The van der Waals surface area contributed by atoms with E-state index < -0.39 is 12.7 Å². The number of halogens is 3. The van der Waals surface area contributed by atoms with E-state index in [1.54, 1.807) is 6.07 Å². The molecule has 2 N–H and O–H groups in total. The molecule has 0 unspecified atom stereocenters. The van der Waals surface area contributed by atoms with E-state index in [1.807, 2.05) is 0 Å². The second-order valence-electron chi connectivity index (χ2n) is 4.19. The summed E-state index contributed by atoms with van der Waals surface area (Å²) in [6.07, 6.45) is -2.87. The lowest BCUT2D eigenvalue weighted by Crippen LogP contribution is -2.36. The fraction of sp³-hybridized carbons (Fsp3) is 0.455. The van der Waals surface area contributed by atoms with Crippen LogP contribution in [0.5, 0.6) is 0 Å². The fourth-order valence-corrected chi connectivity index (χ4v) is 1.69. The Bertz CT molecular complexity index is 488. The van der Waals surface area contributed by atoms with Gasteiger partial charge in [0.2, 0.25) is 0 Å². The lowest BCUT2D eigenvalue weighted by molar-refractivity contribution is -0.120. The molecule has 1 aliphatic rings. The number of hydrogen-bond donors (Lipinski definition) is 1. The molecule has 0 radical (unpaired) electrons. The molecule has 7 heteroatoms. The minimum Gasteiger partial charge on any atom is -0.396 e. The SMILES string of the molecule is N#Cc1nc(N(CC(F)(F)F)C2CC2)ccc1N. The summed E-state index contributed by atoms with van der Waals surface area (Å²) in [5.41, 5.74) is 5.62. The molecule has 18 heavy (non-hydrogen) atoms. The highest BCUT2D eigenvalue weighted by Crippen LogP contribution is 2.33. The van der Waals surface area contributed by atoms with Crippen molar-refractivity contribution in [3.05, 3.63) is 17.8 Å². The molecular formula is C11H11F3N4. The zero-order valence-electron chi connectivity index (χ0n) is 9.41. The Hall–Kier alpha value is -1.97. The molecule has 4 nitrogen and oxygen atoms in total. The molecule has 1 aromatic rings. The van der Waals surface area contributed by atoms with E-state index in [-0.39, 0.29) is 23.2 Å². The Morgan fingerprint density at radius 1 is 1.44 bits per heavy atom. The molecule has 1 aromatic heterocycles. The minimum absolute atomic E-state index is 0.0414. The fourth-order valence-electron chi connectivity index (χ4n) is 1.69. The molecule has 1 fully saturated rings. The lowest BCUT2D eigenvalue weighted by Gasteiger charge is -2.24. The van der Waals surface area contributed by atoms with Crippen LogP contribution in [0.3, 0.4) is 0 Å². The number of nitrogens with two attached hydrogens (primary N) is 1. The van der Waals surface area contributed by atoms with Gasteiger partial charge in [-0.05, 0) is 25.0 Å². The number of anilines is 2. The monoisotopic (exact) mass is 256 g/mol. The number of nitrogen functional groups attached to an aromatic ring is 1. The maximum Gasteiger partial charge on any atom is 0.405 e. The van der Waals surface area contributed by atoms with Crippen LogP contribution in [0, 0.1) is 11.3 Å². The molecule has 0 amide bonds. The highest BCUT2D eigenvalue weighted by atomic mass is 19.4. The average molecular weight is 256 g/mol. The van der Waals surface area contributed by atoms with Gasteiger partial charge >= 0.3 is 6.18 Å². The minimum atomic E-state index is -4.29. The number of hydrogen-bond acceptors (Lipinski definition) is 4. The second kappa shape index (κ2) is 4.37. The van der Waals surface area contributed by atoms with Crippen LogP contribution >= 0.6 is 0 Å². The molecule has 2 rings (SSSR count). The van der Waals surface area contributed by atoms with Crippen LogP contribution < -0.4 is 10.6 Å². The number of alkyl halides is 3. The predicted molar refractivity (Wildman–Crippen MR) is 59.8 cm³/mol. The quantitative estimate of drug-likeness (QED) is 0.899. The molecule has 0 aliphatic heterocycles. The van der Waals surface area contributed by atoms with Crippen molar-refractivity contribution < 1.29 is 13.2 Å². The van der Waals surface area contributed by atoms with Gasteiger partial charge in [-0.25, -0.2) is 4.98 Å². The molecule has 0 atom stereocenters. The van der Waals surface area contributed by atoms with Crippen LogP contribution in [0.15, 0.2) is 12.1 Å². The normalized spacial score (nSPS) is 15.2. The van der Waals surface area contributed by atoms with Gasteiger partial charge in [0.15, 0.2) is 5.69 Å². The van der Waals surface area contributed by atoms with Crippen LogP contribution in [0.1, 0.15) is 18.5 Å². The third kappa shape index (κ3) is 2.83. The molecule has 0 spiro atoms. The summed E-state index contributed by atoms with van der Waals surface area (Å²) in [5, 5.41) is 8.78. The topological polar surface area (TPSA) is 65.9 Å². The molecule has 0 bridgehead atoms. The molecular weight excluding hydrogens is 245 g/mol. The summed E-state index contributed by atoms with van der Waals surface area (Å²) >= 11 is 0. The van der Waals surface area contributed by atoms with E-state index in [0.29, 0.717) is 12.8 Å². The van der Waals surface area contributed by atoms with Crippen molar-refractivity contribution >= 4 is 11.5 Å². The molecule has 1 aliphatic carbocycles.